The van der Waals surface area contributed by atoms with Crippen LogP contribution in [0.1, 0.15) is 73.5 Å². The number of hydrogen-bond donors (Lipinski definition) is 2. The molecule has 0 bridgehead atoms. The Kier molecular flexibility index (Phi) is 6.65. The van der Waals surface area contributed by atoms with Crippen LogP contribution in [-0.2, 0) is 4.79 Å². The largest absolute Gasteiger partial charge is 0.328 e. The topological polar surface area (TPSA) is 63.5 Å². The summed E-state index contributed by atoms with van der Waals surface area (Å²) in [6.07, 6.45) is 6.54. The van der Waals surface area contributed by atoms with E-state index in [0.29, 0.717) is 18.5 Å². The molecule has 1 aliphatic carbocycles. The molecule has 1 amide bonds. The molecule has 2 aromatic heterocycles. The van der Waals surface area contributed by atoms with Gasteiger partial charge in [-0.2, -0.15) is 5.10 Å². The molecular weight excluding hydrogens is 392 g/mol. The van der Waals surface area contributed by atoms with E-state index in [2.05, 4.69) is 71.4 Å². The SMILES string of the molecule is CC(C)c1ccc([C@H]([NH2+]CC(=O)Nc2ccnn2C2CCCC2)c2cccs2)cc1. The highest BCUT2D eigenvalue weighted by molar-refractivity contribution is 7.10. The second-order valence-electron chi connectivity index (χ2n) is 8.40. The second-order valence-corrected chi connectivity index (χ2v) is 9.38. The van der Waals surface area contributed by atoms with Gasteiger partial charge in [0.15, 0.2) is 6.54 Å². The van der Waals surface area contributed by atoms with E-state index in [1.54, 1.807) is 17.5 Å². The number of quaternary nitrogens is 1. The molecule has 3 aromatic rings. The molecule has 1 atom stereocenters. The molecule has 1 aromatic carbocycles. The molecule has 5 nitrogen and oxygen atoms in total. The average Bonchev–Trinajstić information content (AvgIpc) is 3.51. The summed E-state index contributed by atoms with van der Waals surface area (Å²) in [5.74, 6) is 1.34. The van der Waals surface area contributed by atoms with Gasteiger partial charge in [0, 0.05) is 11.6 Å². The zero-order valence-corrected chi connectivity index (χ0v) is 18.6. The van der Waals surface area contributed by atoms with Crippen LogP contribution in [0.25, 0.3) is 0 Å². The Morgan fingerprint density at radius 1 is 1.17 bits per heavy atom. The van der Waals surface area contributed by atoms with Gasteiger partial charge in [0.2, 0.25) is 0 Å². The highest BCUT2D eigenvalue weighted by Crippen LogP contribution is 2.31. The van der Waals surface area contributed by atoms with Gasteiger partial charge in [-0.1, -0.05) is 57.0 Å². The van der Waals surface area contributed by atoms with Gasteiger partial charge in [0.25, 0.3) is 5.91 Å². The van der Waals surface area contributed by atoms with E-state index < -0.39 is 0 Å². The molecule has 1 fully saturated rings. The number of amides is 1. The fourth-order valence-corrected chi connectivity index (χ4v) is 5.10. The summed E-state index contributed by atoms with van der Waals surface area (Å²) in [5, 5.41) is 11.8. The minimum atomic E-state index is 0.00936. The lowest BCUT2D eigenvalue weighted by atomic mass is 9.98. The lowest BCUT2D eigenvalue weighted by Gasteiger charge is -2.17. The number of thiophene rings is 1. The second kappa shape index (κ2) is 9.58. The Balaban J connectivity index is 1.43. The number of carbonyl (C=O) groups is 1. The molecule has 0 spiro atoms. The molecule has 3 N–H and O–H groups in total. The van der Waals surface area contributed by atoms with Crippen molar-refractivity contribution in [1.82, 2.24) is 9.78 Å². The summed E-state index contributed by atoms with van der Waals surface area (Å²) in [6.45, 7) is 4.78. The van der Waals surface area contributed by atoms with E-state index in [1.807, 2.05) is 10.7 Å². The summed E-state index contributed by atoms with van der Waals surface area (Å²) >= 11 is 1.74. The zero-order valence-electron chi connectivity index (χ0n) is 17.8. The normalized spacial score (nSPS) is 15.6. The monoisotopic (exact) mass is 423 g/mol. The van der Waals surface area contributed by atoms with Crippen LogP contribution < -0.4 is 10.6 Å². The Morgan fingerprint density at radius 3 is 2.57 bits per heavy atom. The molecule has 1 aliphatic rings. The number of nitrogens with zero attached hydrogens (tertiary/aromatic N) is 2. The van der Waals surface area contributed by atoms with Gasteiger partial charge >= 0.3 is 0 Å². The maximum atomic E-state index is 12.7. The molecule has 0 saturated heterocycles. The number of aromatic nitrogens is 2. The fraction of sp³-hybridized carbons (Fsp3) is 0.417. The Morgan fingerprint density at radius 2 is 1.90 bits per heavy atom. The molecular formula is C24H31N4OS+. The Labute approximate surface area is 182 Å². The van der Waals surface area contributed by atoms with Crippen molar-refractivity contribution in [2.45, 2.75) is 57.5 Å². The highest BCUT2D eigenvalue weighted by atomic mass is 32.1. The van der Waals surface area contributed by atoms with Gasteiger partial charge in [-0.25, -0.2) is 4.68 Å². The quantitative estimate of drug-likeness (QED) is 0.561. The van der Waals surface area contributed by atoms with Crippen molar-refractivity contribution in [3.05, 3.63) is 70.0 Å². The molecule has 4 rings (SSSR count). The average molecular weight is 424 g/mol. The third-order valence-corrected chi connectivity index (χ3v) is 6.91. The lowest BCUT2D eigenvalue weighted by Crippen LogP contribution is -2.87. The lowest BCUT2D eigenvalue weighted by molar-refractivity contribution is -0.675. The van der Waals surface area contributed by atoms with E-state index in [0.717, 1.165) is 18.7 Å². The first kappa shape index (κ1) is 20.8. The van der Waals surface area contributed by atoms with Crippen molar-refractivity contribution in [3.8, 4) is 0 Å². The third-order valence-electron chi connectivity index (χ3n) is 5.96. The minimum absolute atomic E-state index is 0.00936. The number of nitrogens with one attached hydrogen (secondary N) is 1. The summed E-state index contributed by atoms with van der Waals surface area (Å²) in [7, 11) is 0. The van der Waals surface area contributed by atoms with Crippen molar-refractivity contribution >= 4 is 23.1 Å². The van der Waals surface area contributed by atoms with Gasteiger partial charge in [0.1, 0.15) is 11.9 Å². The predicted molar refractivity (Wildman–Crippen MR) is 122 cm³/mol. The van der Waals surface area contributed by atoms with E-state index >= 15 is 0 Å². The fourth-order valence-electron chi connectivity index (χ4n) is 4.24. The van der Waals surface area contributed by atoms with Gasteiger partial charge < -0.3 is 10.6 Å². The van der Waals surface area contributed by atoms with Crippen LogP contribution in [0.15, 0.2) is 54.0 Å². The van der Waals surface area contributed by atoms with Crippen molar-refractivity contribution in [2.75, 3.05) is 11.9 Å². The molecule has 30 heavy (non-hydrogen) atoms. The first-order valence-corrected chi connectivity index (χ1v) is 11.8. The van der Waals surface area contributed by atoms with E-state index in [9.17, 15) is 4.79 Å². The van der Waals surface area contributed by atoms with Crippen molar-refractivity contribution in [1.29, 1.82) is 0 Å². The highest BCUT2D eigenvalue weighted by Gasteiger charge is 2.23. The van der Waals surface area contributed by atoms with Crippen molar-refractivity contribution in [2.24, 2.45) is 0 Å². The van der Waals surface area contributed by atoms with Gasteiger partial charge in [0.05, 0.1) is 17.1 Å². The summed E-state index contributed by atoms with van der Waals surface area (Å²) in [4.78, 5) is 14.0. The van der Waals surface area contributed by atoms with Crippen molar-refractivity contribution in [3.63, 3.8) is 0 Å². The first-order valence-electron chi connectivity index (χ1n) is 10.9. The Hall–Kier alpha value is -2.44. The zero-order chi connectivity index (χ0) is 20.9. The third kappa shape index (κ3) is 4.82. The molecule has 158 valence electrons. The minimum Gasteiger partial charge on any atom is -0.328 e. The number of nitrogens with two attached hydrogens (primary N) is 1. The number of rotatable bonds is 8. The van der Waals surface area contributed by atoms with Crippen molar-refractivity contribution < 1.29 is 10.1 Å². The molecule has 0 radical (unpaired) electrons. The summed E-state index contributed by atoms with van der Waals surface area (Å²) < 4.78 is 1.99. The van der Waals surface area contributed by atoms with Crippen LogP contribution in [0, 0.1) is 0 Å². The molecule has 0 unspecified atom stereocenters. The first-order chi connectivity index (χ1) is 14.6. The Bertz CT molecular complexity index is 940. The predicted octanol–water partition coefficient (Wildman–Crippen LogP) is 4.47. The summed E-state index contributed by atoms with van der Waals surface area (Å²) in [5.41, 5.74) is 2.56. The number of anilines is 1. The number of hydrogen-bond acceptors (Lipinski definition) is 3. The van der Waals surface area contributed by atoms with Crippen LogP contribution in [-0.4, -0.2) is 22.2 Å². The van der Waals surface area contributed by atoms with Crippen LogP contribution in [0.3, 0.4) is 0 Å². The van der Waals surface area contributed by atoms with Crippen LogP contribution in [0.4, 0.5) is 5.82 Å². The maximum absolute atomic E-state index is 12.7. The molecule has 6 heteroatoms. The number of benzene rings is 1. The standard InChI is InChI=1S/C24H30N4OS/c1-17(2)18-9-11-19(12-10-18)24(21-8-5-15-30-21)25-16-23(29)27-22-13-14-26-28(22)20-6-3-4-7-20/h5,8-15,17,20,24-25H,3-4,6-7,16H2,1-2H3,(H,27,29)/p+1/t24-/m0/s1. The molecule has 2 heterocycles. The molecule has 1 saturated carbocycles. The van der Waals surface area contributed by atoms with Crippen LogP contribution in [0.2, 0.25) is 0 Å². The van der Waals surface area contributed by atoms with Gasteiger partial charge in [-0.15, -0.1) is 11.3 Å². The van der Waals surface area contributed by atoms with Crippen LogP contribution >= 0.6 is 11.3 Å². The maximum Gasteiger partial charge on any atom is 0.280 e. The van der Waals surface area contributed by atoms with Gasteiger partial charge in [-0.05, 0) is 35.8 Å². The smallest absolute Gasteiger partial charge is 0.280 e. The van der Waals surface area contributed by atoms with E-state index in [-0.39, 0.29) is 11.9 Å². The molecule has 0 aliphatic heterocycles. The number of carbonyl (C=O) groups excluding carboxylic acids is 1. The van der Waals surface area contributed by atoms with Crippen LogP contribution in [0.5, 0.6) is 0 Å². The van der Waals surface area contributed by atoms with E-state index in [1.165, 1.54) is 28.8 Å². The van der Waals surface area contributed by atoms with Gasteiger partial charge in [-0.3, -0.25) is 4.79 Å². The van der Waals surface area contributed by atoms with E-state index in [4.69, 9.17) is 0 Å². The summed E-state index contributed by atoms with van der Waals surface area (Å²) in [6, 6.07) is 15.5.